The maximum absolute atomic E-state index is 12.3. The first-order chi connectivity index (χ1) is 15.1. The van der Waals surface area contributed by atoms with Crippen molar-refractivity contribution in [2.75, 3.05) is 11.9 Å². The fraction of sp³-hybridized carbons (Fsp3) is 0.217. The number of ether oxygens (including phenoxy) is 2. The van der Waals surface area contributed by atoms with Gasteiger partial charge in [0.05, 0.1) is 23.4 Å². The highest BCUT2D eigenvalue weighted by Gasteiger charge is 2.07. The molecule has 0 aliphatic heterocycles. The van der Waals surface area contributed by atoms with Crippen molar-refractivity contribution >= 4 is 29.1 Å². The fourth-order valence-electron chi connectivity index (χ4n) is 2.60. The Morgan fingerprint density at radius 1 is 1.29 bits per heavy atom. The second kappa shape index (κ2) is 11.5. The molecule has 1 N–H and O–H groups in total. The number of anilines is 1. The average molecular weight is 435 g/mol. The number of nitrogens with zero attached hydrogens (tertiary/aromatic N) is 3. The summed E-state index contributed by atoms with van der Waals surface area (Å²) < 4.78 is 11.4. The number of unbranched alkanes of at least 4 members (excludes halogenated alkanes) is 1. The molecule has 2 heterocycles. The zero-order valence-electron chi connectivity index (χ0n) is 17.1. The summed E-state index contributed by atoms with van der Waals surface area (Å²) in [5.41, 5.74) is 1.72. The highest BCUT2D eigenvalue weighted by molar-refractivity contribution is 7.09. The minimum atomic E-state index is -0.329. The molecule has 0 atom stereocenters. The van der Waals surface area contributed by atoms with Gasteiger partial charge in [0.1, 0.15) is 12.4 Å². The lowest BCUT2D eigenvalue weighted by molar-refractivity contribution is -0.111. The van der Waals surface area contributed by atoms with Crippen molar-refractivity contribution in [1.82, 2.24) is 9.97 Å². The number of aromatic nitrogens is 2. The summed E-state index contributed by atoms with van der Waals surface area (Å²) in [6.07, 6.45) is 5.73. The summed E-state index contributed by atoms with van der Waals surface area (Å²) in [7, 11) is 0. The van der Waals surface area contributed by atoms with Gasteiger partial charge in [0.2, 0.25) is 5.91 Å². The zero-order chi connectivity index (χ0) is 21.9. The third-order valence-electron chi connectivity index (χ3n) is 4.04. The van der Waals surface area contributed by atoms with Crippen molar-refractivity contribution in [2.45, 2.75) is 26.4 Å². The summed E-state index contributed by atoms with van der Waals surface area (Å²) in [6, 6.07) is 13.0. The molecule has 0 bridgehead atoms. The van der Waals surface area contributed by atoms with Crippen LogP contribution in [0.2, 0.25) is 0 Å². The van der Waals surface area contributed by atoms with Crippen LogP contribution in [-0.4, -0.2) is 22.5 Å². The van der Waals surface area contributed by atoms with Crippen molar-refractivity contribution in [3.63, 3.8) is 0 Å². The van der Waals surface area contributed by atoms with Crippen LogP contribution in [0.25, 0.3) is 6.08 Å². The van der Waals surface area contributed by atoms with Crippen LogP contribution < -0.4 is 14.8 Å². The Hall–Kier alpha value is -3.70. The van der Waals surface area contributed by atoms with Gasteiger partial charge in [-0.1, -0.05) is 12.1 Å². The average Bonchev–Trinajstić information content (AvgIpc) is 3.20. The Labute approximate surface area is 185 Å². The molecule has 0 fully saturated rings. The van der Waals surface area contributed by atoms with Gasteiger partial charge < -0.3 is 14.8 Å². The second-order valence-electron chi connectivity index (χ2n) is 6.50. The highest BCUT2D eigenvalue weighted by Crippen LogP contribution is 2.21. The molecule has 0 aliphatic carbocycles. The number of nitrogens with one attached hydrogen (secondary N) is 1. The summed E-state index contributed by atoms with van der Waals surface area (Å²) in [6.45, 7) is 2.74. The van der Waals surface area contributed by atoms with Crippen molar-refractivity contribution in [2.24, 2.45) is 0 Å². The Morgan fingerprint density at radius 3 is 3.00 bits per heavy atom. The number of nitriles is 1. The number of benzene rings is 1. The standard InChI is InChI=1S/C23H22N4O3S/c1-17-26-19(16-31-17)15-30-20-7-4-6-18(14-20)9-10-22(28)27-23-21(8-5-12-25-23)29-13-3-2-11-24/h4-10,12,14,16H,2-3,13,15H2,1H3,(H,25,27,28). The van der Waals surface area contributed by atoms with Crippen LogP contribution in [0.15, 0.2) is 54.1 Å². The van der Waals surface area contributed by atoms with Crippen LogP contribution in [0.3, 0.4) is 0 Å². The van der Waals surface area contributed by atoms with Crippen molar-refractivity contribution < 1.29 is 14.3 Å². The number of pyridine rings is 1. The van der Waals surface area contributed by atoms with Crippen LogP contribution >= 0.6 is 11.3 Å². The van der Waals surface area contributed by atoms with Gasteiger partial charge in [-0.3, -0.25) is 4.79 Å². The predicted octanol–water partition coefficient (Wildman–Crippen LogP) is 4.76. The minimum Gasteiger partial charge on any atom is -0.490 e. The van der Waals surface area contributed by atoms with E-state index in [1.54, 1.807) is 35.7 Å². The van der Waals surface area contributed by atoms with Gasteiger partial charge in [0.15, 0.2) is 11.6 Å². The lowest BCUT2D eigenvalue weighted by atomic mass is 10.2. The molecule has 31 heavy (non-hydrogen) atoms. The van der Waals surface area contributed by atoms with Crippen molar-refractivity contribution in [3.05, 3.63) is 70.3 Å². The van der Waals surface area contributed by atoms with Crippen LogP contribution in [-0.2, 0) is 11.4 Å². The van der Waals surface area contributed by atoms with Crippen LogP contribution in [0.1, 0.15) is 29.1 Å². The topological polar surface area (TPSA) is 97.1 Å². The molecule has 0 unspecified atom stereocenters. The summed E-state index contributed by atoms with van der Waals surface area (Å²) in [5.74, 6) is 1.18. The quantitative estimate of drug-likeness (QED) is 0.365. The van der Waals surface area contributed by atoms with Crippen LogP contribution in [0, 0.1) is 18.3 Å². The van der Waals surface area contributed by atoms with Gasteiger partial charge in [0.25, 0.3) is 0 Å². The SMILES string of the molecule is Cc1nc(COc2cccc(C=CC(=O)Nc3ncccc3OCCCC#N)c2)cs1. The number of rotatable bonds is 10. The van der Waals surface area contributed by atoms with Gasteiger partial charge >= 0.3 is 0 Å². The summed E-state index contributed by atoms with van der Waals surface area (Å²) >= 11 is 1.59. The molecule has 0 radical (unpaired) electrons. The summed E-state index contributed by atoms with van der Waals surface area (Å²) in [4.78, 5) is 20.9. The fourth-order valence-corrected chi connectivity index (χ4v) is 3.20. The number of amides is 1. The molecule has 1 aromatic carbocycles. The molecule has 2 aromatic heterocycles. The van der Waals surface area contributed by atoms with Crippen LogP contribution in [0.4, 0.5) is 5.82 Å². The number of hydrogen-bond acceptors (Lipinski definition) is 7. The Bertz CT molecular complexity index is 1090. The number of carbonyl (C=O) groups is 1. The second-order valence-corrected chi connectivity index (χ2v) is 7.56. The number of aryl methyl sites for hydroxylation is 1. The van der Waals surface area contributed by atoms with Crippen LogP contribution in [0.5, 0.6) is 11.5 Å². The third kappa shape index (κ3) is 7.24. The largest absolute Gasteiger partial charge is 0.490 e. The van der Waals surface area contributed by atoms with E-state index in [-0.39, 0.29) is 5.91 Å². The summed E-state index contributed by atoms with van der Waals surface area (Å²) in [5, 5.41) is 14.3. The molecular weight excluding hydrogens is 412 g/mol. The highest BCUT2D eigenvalue weighted by atomic mass is 32.1. The zero-order valence-corrected chi connectivity index (χ0v) is 17.9. The maximum Gasteiger partial charge on any atom is 0.249 e. The number of carbonyl (C=O) groups excluding carboxylic acids is 1. The lowest BCUT2D eigenvalue weighted by Crippen LogP contribution is -2.11. The first kappa shape index (κ1) is 22.0. The van der Waals surface area contributed by atoms with E-state index in [9.17, 15) is 4.79 Å². The predicted molar refractivity (Wildman–Crippen MR) is 120 cm³/mol. The van der Waals surface area contributed by atoms with E-state index < -0.39 is 0 Å². The van der Waals surface area contributed by atoms with Gasteiger partial charge in [-0.25, -0.2) is 9.97 Å². The molecular formula is C23H22N4O3S. The van der Waals surface area contributed by atoms with Gasteiger partial charge in [-0.05, 0) is 49.2 Å². The van der Waals surface area contributed by atoms with E-state index in [1.807, 2.05) is 36.6 Å². The van der Waals surface area contributed by atoms with E-state index in [1.165, 1.54) is 6.08 Å². The molecule has 0 saturated carbocycles. The molecule has 3 aromatic rings. The van der Waals surface area contributed by atoms with Crippen molar-refractivity contribution in [1.29, 1.82) is 5.26 Å². The van der Waals surface area contributed by atoms with E-state index in [4.69, 9.17) is 14.7 Å². The van der Waals surface area contributed by atoms with E-state index in [0.717, 1.165) is 16.3 Å². The number of thiazole rings is 1. The third-order valence-corrected chi connectivity index (χ3v) is 4.86. The number of hydrogen-bond donors (Lipinski definition) is 1. The molecule has 158 valence electrons. The van der Waals surface area contributed by atoms with Gasteiger partial charge in [-0.2, -0.15) is 5.26 Å². The maximum atomic E-state index is 12.3. The molecule has 0 aliphatic rings. The monoisotopic (exact) mass is 434 g/mol. The van der Waals surface area contributed by atoms with E-state index >= 15 is 0 Å². The smallest absolute Gasteiger partial charge is 0.249 e. The molecule has 0 saturated heterocycles. The Balaban J connectivity index is 1.56. The minimum absolute atomic E-state index is 0.329. The Morgan fingerprint density at radius 2 is 2.19 bits per heavy atom. The van der Waals surface area contributed by atoms with E-state index in [2.05, 4.69) is 21.4 Å². The molecule has 8 heteroatoms. The molecule has 7 nitrogen and oxygen atoms in total. The first-order valence-electron chi connectivity index (χ1n) is 9.72. The van der Waals surface area contributed by atoms with Gasteiger partial charge in [0, 0.05) is 24.1 Å². The Kier molecular flexibility index (Phi) is 8.14. The lowest BCUT2D eigenvalue weighted by Gasteiger charge is -2.09. The van der Waals surface area contributed by atoms with E-state index in [0.29, 0.717) is 43.4 Å². The van der Waals surface area contributed by atoms with Crippen molar-refractivity contribution in [3.8, 4) is 17.6 Å². The molecule has 3 rings (SSSR count). The molecule has 0 spiro atoms. The first-order valence-corrected chi connectivity index (χ1v) is 10.6. The van der Waals surface area contributed by atoms with Gasteiger partial charge in [-0.15, -0.1) is 11.3 Å². The molecule has 1 amide bonds. The normalized spacial score (nSPS) is 10.6.